The zero-order valence-electron chi connectivity index (χ0n) is 9.49. The SMILES string of the molecule is Cc1ccc(CC2SCCNC2C)cc1. The molecule has 1 nitrogen and oxygen atoms in total. The first-order valence-corrected chi connectivity index (χ1v) is 6.71. The Kier molecular flexibility index (Phi) is 3.71. The highest BCUT2D eigenvalue weighted by Crippen LogP contribution is 2.22. The predicted molar refractivity (Wildman–Crippen MR) is 68.6 cm³/mol. The zero-order valence-corrected chi connectivity index (χ0v) is 10.3. The average Bonchev–Trinajstić information content (AvgIpc) is 2.25. The van der Waals surface area contributed by atoms with Crippen LogP contribution in [0.4, 0.5) is 0 Å². The quantitative estimate of drug-likeness (QED) is 0.824. The molecule has 2 atom stereocenters. The van der Waals surface area contributed by atoms with Gasteiger partial charge in [-0.15, -0.1) is 0 Å². The molecule has 0 radical (unpaired) electrons. The third-order valence-corrected chi connectivity index (χ3v) is 4.46. The van der Waals surface area contributed by atoms with Crippen LogP contribution in [0.1, 0.15) is 18.1 Å². The molecule has 1 aliphatic heterocycles. The van der Waals surface area contributed by atoms with Gasteiger partial charge in [-0.3, -0.25) is 0 Å². The third kappa shape index (κ3) is 2.99. The fraction of sp³-hybridized carbons (Fsp3) is 0.538. The van der Waals surface area contributed by atoms with E-state index in [1.165, 1.54) is 23.3 Å². The molecule has 1 fully saturated rings. The minimum absolute atomic E-state index is 0.644. The van der Waals surface area contributed by atoms with Gasteiger partial charge in [0, 0.05) is 23.6 Å². The molecular formula is C13H19NS. The van der Waals surface area contributed by atoms with Crippen LogP contribution >= 0.6 is 11.8 Å². The maximum Gasteiger partial charge on any atom is 0.0239 e. The van der Waals surface area contributed by atoms with Crippen LogP contribution in [-0.4, -0.2) is 23.6 Å². The van der Waals surface area contributed by atoms with E-state index in [9.17, 15) is 0 Å². The summed E-state index contributed by atoms with van der Waals surface area (Å²) in [4.78, 5) is 0. The van der Waals surface area contributed by atoms with Gasteiger partial charge < -0.3 is 5.32 Å². The summed E-state index contributed by atoms with van der Waals surface area (Å²) in [6, 6.07) is 9.58. The summed E-state index contributed by atoms with van der Waals surface area (Å²) in [5.74, 6) is 1.25. The van der Waals surface area contributed by atoms with E-state index in [0.29, 0.717) is 6.04 Å². The number of hydrogen-bond donors (Lipinski definition) is 1. The van der Waals surface area contributed by atoms with Crippen molar-refractivity contribution in [2.75, 3.05) is 12.3 Å². The first kappa shape index (κ1) is 11.0. The van der Waals surface area contributed by atoms with Crippen molar-refractivity contribution in [1.29, 1.82) is 0 Å². The molecule has 82 valence electrons. The fourth-order valence-corrected chi connectivity index (χ4v) is 3.20. The summed E-state index contributed by atoms with van der Waals surface area (Å²) in [5.41, 5.74) is 2.81. The molecule has 0 saturated carbocycles. The highest BCUT2D eigenvalue weighted by molar-refractivity contribution is 8.00. The van der Waals surface area contributed by atoms with Crippen molar-refractivity contribution < 1.29 is 0 Å². The van der Waals surface area contributed by atoms with Crippen LogP contribution in [-0.2, 0) is 6.42 Å². The molecule has 1 saturated heterocycles. The molecular weight excluding hydrogens is 202 g/mol. The maximum atomic E-state index is 3.54. The van der Waals surface area contributed by atoms with Gasteiger partial charge in [0.05, 0.1) is 0 Å². The number of thioether (sulfide) groups is 1. The van der Waals surface area contributed by atoms with Crippen molar-refractivity contribution in [3.8, 4) is 0 Å². The molecule has 2 heteroatoms. The van der Waals surface area contributed by atoms with Crippen LogP contribution in [0.2, 0.25) is 0 Å². The summed E-state index contributed by atoms with van der Waals surface area (Å²) in [5, 5.41) is 4.28. The topological polar surface area (TPSA) is 12.0 Å². The van der Waals surface area contributed by atoms with E-state index in [1.807, 2.05) is 0 Å². The minimum Gasteiger partial charge on any atom is -0.312 e. The first-order valence-electron chi connectivity index (χ1n) is 5.66. The molecule has 2 rings (SSSR count). The molecule has 0 aromatic heterocycles. The minimum atomic E-state index is 0.644. The van der Waals surface area contributed by atoms with Crippen LogP contribution in [0.5, 0.6) is 0 Å². The highest BCUT2D eigenvalue weighted by atomic mass is 32.2. The molecule has 0 aliphatic carbocycles. The summed E-state index contributed by atoms with van der Waals surface area (Å²) in [6.07, 6.45) is 1.19. The van der Waals surface area contributed by atoms with E-state index in [0.717, 1.165) is 11.8 Å². The van der Waals surface area contributed by atoms with Crippen molar-refractivity contribution in [3.05, 3.63) is 35.4 Å². The molecule has 1 aliphatic rings. The molecule has 1 heterocycles. The van der Waals surface area contributed by atoms with E-state index < -0.39 is 0 Å². The molecule has 0 bridgehead atoms. The van der Waals surface area contributed by atoms with Crippen LogP contribution in [0.3, 0.4) is 0 Å². The molecule has 1 aromatic carbocycles. The van der Waals surface area contributed by atoms with Gasteiger partial charge in [0.2, 0.25) is 0 Å². The lowest BCUT2D eigenvalue weighted by Gasteiger charge is -2.29. The zero-order chi connectivity index (χ0) is 10.7. The number of benzene rings is 1. The number of aryl methyl sites for hydroxylation is 1. The predicted octanol–water partition coefficient (Wildman–Crippen LogP) is 2.63. The van der Waals surface area contributed by atoms with Crippen LogP contribution < -0.4 is 5.32 Å². The molecule has 0 amide bonds. The lowest BCUT2D eigenvalue weighted by molar-refractivity contribution is 0.529. The Hall–Kier alpha value is -0.470. The van der Waals surface area contributed by atoms with Gasteiger partial charge in [0.15, 0.2) is 0 Å². The van der Waals surface area contributed by atoms with Crippen molar-refractivity contribution in [2.24, 2.45) is 0 Å². The summed E-state index contributed by atoms with van der Waals surface area (Å²) >= 11 is 2.11. The van der Waals surface area contributed by atoms with E-state index in [1.54, 1.807) is 0 Å². The molecule has 15 heavy (non-hydrogen) atoms. The van der Waals surface area contributed by atoms with Crippen LogP contribution in [0.15, 0.2) is 24.3 Å². The third-order valence-electron chi connectivity index (χ3n) is 3.02. The number of rotatable bonds is 2. The van der Waals surface area contributed by atoms with E-state index in [2.05, 4.69) is 55.2 Å². The Morgan fingerprint density at radius 3 is 2.73 bits per heavy atom. The van der Waals surface area contributed by atoms with Gasteiger partial charge >= 0.3 is 0 Å². The second-order valence-electron chi connectivity index (χ2n) is 4.34. The summed E-state index contributed by atoms with van der Waals surface area (Å²) in [6.45, 7) is 5.60. The normalized spacial score (nSPS) is 26.5. The van der Waals surface area contributed by atoms with Gasteiger partial charge in [-0.2, -0.15) is 11.8 Å². The Labute approximate surface area is 96.7 Å². The Morgan fingerprint density at radius 1 is 1.33 bits per heavy atom. The monoisotopic (exact) mass is 221 g/mol. The van der Waals surface area contributed by atoms with E-state index in [4.69, 9.17) is 0 Å². The summed E-state index contributed by atoms with van der Waals surface area (Å²) < 4.78 is 0. The lowest BCUT2D eigenvalue weighted by atomic mass is 10.0. The van der Waals surface area contributed by atoms with E-state index in [-0.39, 0.29) is 0 Å². The number of nitrogens with one attached hydrogen (secondary N) is 1. The average molecular weight is 221 g/mol. The summed E-state index contributed by atoms with van der Waals surface area (Å²) in [7, 11) is 0. The van der Waals surface area contributed by atoms with Crippen molar-refractivity contribution >= 4 is 11.8 Å². The fourth-order valence-electron chi connectivity index (χ4n) is 1.96. The Bertz CT molecular complexity index is 307. The van der Waals surface area contributed by atoms with Crippen molar-refractivity contribution in [1.82, 2.24) is 5.32 Å². The lowest BCUT2D eigenvalue weighted by Crippen LogP contribution is -2.42. The second-order valence-corrected chi connectivity index (χ2v) is 5.69. The second kappa shape index (κ2) is 5.04. The van der Waals surface area contributed by atoms with Crippen molar-refractivity contribution in [3.63, 3.8) is 0 Å². The van der Waals surface area contributed by atoms with Crippen molar-refractivity contribution in [2.45, 2.75) is 31.6 Å². The van der Waals surface area contributed by atoms with Crippen LogP contribution in [0, 0.1) is 6.92 Å². The first-order chi connectivity index (χ1) is 7.25. The van der Waals surface area contributed by atoms with E-state index >= 15 is 0 Å². The Morgan fingerprint density at radius 2 is 2.07 bits per heavy atom. The molecule has 1 aromatic rings. The standard InChI is InChI=1S/C13H19NS/c1-10-3-5-12(6-4-10)9-13-11(2)14-7-8-15-13/h3-6,11,13-14H,7-9H2,1-2H3. The largest absolute Gasteiger partial charge is 0.312 e. The van der Waals surface area contributed by atoms with Gasteiger partial charge in [-0.25, -0.2) is 0 Å². The van der Waals surface area contributed by atoms with Crippen LogP contribution in [0.25, 0.3) is 0 Å². The molecule has 2 unspecified atom stereocenters. The molecule has 0 spiro atoms. The van der Waals surface area contributed by atoms with Gasteiger partial charge in [-0.1, -0.05) is 29.8 Å². The highest BCUT2D eigenvalue weighted by Gasteiger charge is 2.21. The van der Waals surface area contributed by atoms with Gasteiger partial charge in [-0.05, 0) is 25.8 Å². The smallest absolute Gasteiger partial charge is 0.0239 e. The van der Waals surface area contributed by atoms with Gasteiger partial charge in [0.1, 0.15) is 0 Å². The number of hydrogen-bond acceptors (Lipinski definition) is 2. The maximum absolute atomic E-state index is 3.54. The van der Waals surface area contributed by atoms with Gasteiger partial charge in [0.25, 0.3) is 0 Å². The molecule has 1 N–H and O–H groups in total. The Balaban J connectivity index is 1.98.